The van der Waals surface area contributed by atoms with Crippen molar-refractivity contribution < 1.29 is 9.53 Å². The molecule has 0 radical (unpaired) electrons. The summed E-state index contributed by atoms with van der Waals surface area (Å²) in [4.78, 5) is 27.8. The minimum atomic E-state index is -0.151. The van der Waals surface area contributed by atoms with Gasteiger partial charge >= 0.3 is 0 Å². The quantitative estimate of drug-likeness (QED) is 0.707. The van der Waals surface area contributed by atoms with Crippen molar-refractivity contribution in [3.63, 3.8) is 0 Å². The first-order chi connectivity index (χ1) is 12.6. The van der Waals surface area contributed by atoms with Gasteiger partial charge in [-0.2, -0.15) is 0 Å². The van der Waals surface area contributed by atoms with E-state index in [2.05, 4.69) is 10.3 Å². The Kier molecular flexibility index (Phi) is 5.48. The molecular weight excluding hydrogens is 332 g/mol. The van der Waals surface area contributed by atoms with E-state index in [-0.39, 0.29) is 17.9 Å². The maximum atomic E-state index is 12.0. The Labute approximate surface area is 150 Å². The van der Waals surface area contributed by atoms with E-state index in [1.807, 2.05) is 17.8 Å². The minimum absolute atomic E-state index is 0.116. The van der Waals surface area contributed by atoms with Crippen molar-refractivity contribution in [1.29, 1.82) is 0 Å². The number of aryl methyl sites for hydroxylation is 2. The van der Waals surface area contributed by atoms with Gasteiger partial charge in [0.15, 0.2) is 0 Å². The summed E-state index contributed by atoms with van der Waals surface area (Å²) in [6.07, 6.45) is 5.48. The first kappa shape index (κ1) is 17.5. The molecule has 3 aromatic rings. The number of ether oxygens (including phenoxy) is 1. The standard InChI is InChI=1S/C19H20N4O3/c1-22-13-10-20-17(22)14-26-16-7-5-15(6-8-16)21-18(24)9-12-23-11-3-2-4-19(23)25/h2-8,10-11,13H,9,12,14H2,1H3,(H,21,24). The fourth-order valence-corrected chi connectivity index (χ4v) is 2.41. The lowest BCUT2D eigenvalue weighted by Crippen LogP contribution is -2.21. The molecule has 7 heteroatoms. The highest BCUT2D eigenvalue weighted by atomic mass is 16.5. The molecule has 0 saturated heterocycles. The van der Waals surface area contributed by atoms with Gasteiger partial charge in [-0.15, -0.1) is 0 Å². The van der Waals surface area contributed by atoms with Crippen LogP contribution in [0.2, 0.25) is 0 Å². The zero-order valence-corrected chi connectivity index (χ0v) is 14.5. The molecule has 0 aliphatic carbocycles. The number of pyridine rings is 1. The monoisotopic (exact) mass is 352 g/mol. The molecule has 2 aromatic heterocycles. The Bertz CT molecular complexity index is 928. The normalized spacial score (nSPS) is 10.5. The zero-order chi connectivity index (χ0) is 18.4. The molecule has 0 aliphatic heterocycles. The maximum absolute atomic E-state index is 12.0. The first-order valence-corrected chi connectivity index (χ1v) is 8.26. The third-order valence-corrected chi connectivity index (χ3v) is 3.91. The molecule has 26 heavy (non-hydrogen) atoms. The Morgan fingerprint density at radius 2 is 1.96 bits per heavy atom. The smallest absolute Gasteiger partial charge is 0.250 e. The molecule has 0 saturated carbocycles. The number of nitrogens with one attached hydrogen (secondary N) is 1. The van der Waals surface area contributed by atoms with Crippen LogP contribution in [0, 0.1) is 0 Å². The average Bonchev–Trinajstić information content (AvgIpc) is 3.05. The van der Waals surface area contributed by atoms with Crippen molar-refractivity contribution in [3.05, 3.63) is 77.2 Å². The van der Waals surface area contributed by atoms with E-state index in [9.17, 15) is 9.59 Å². The van der Waals surface area contributed by atoms with Gasteiger partial charge < -0.3 is 19.2 Å². The SMILES string of the molecule is Cn1ccnc1COc1ccc(NC(=O)CCn2ccccc2=O)cc1. The fourth-order valence-electron chi connectivity index (χ4n) is 2.41. The van der Waals surface area contributed by atoms with Crippen molar-refractivity contribution in [1.82, 2.24) is 14.1 Å². The van der Waals surface area contributed by atoms with Crippen molar-refractivity contribution in [2.75, 3.05) is 5.32 Å². The number of carbonyl (C=O) groups excluding carboxylic acids is 1. The predicted octanol–water partition coefficient (Wildman–Crippen LogP) is 2.19. The van der Waals surface area contributed by atoms with Crippen molar-refractivity contribution in [2.45, 2.75) is 19.6 Å². The number of anilines is 1. The lowest BCUT2D eigenvalue weighted by Gasteiger charge is -2.09. The highest BCUT2D eigenvalue weighted by Crippen LogP contribution is 2.17. The molecule has 134 valence electrons. The van der Waals surface area contributed by atoms with Crippen molar-refractivity contribution in [3.8, 4) is 5.75 Å². The van der Waals surface area contributed by atoms with Crippen molar-refractivity contribution in [2.24, 2.45) is 7.05 Å². The summed E-state index contributed by atoms with van der Waals surface area (Å²) in [7, 11) is 1.91. The van der Waals surface area contributed by atoms with Crippen LogP contribution in [0.5, 0.6) is 5.75 Å². The summed E-state index contributed by atoms with van der Waals surface area (Å²) in [6, 6.07) is 12.1. The maximum Gasteiger partial charge on any atom is 0.250 e. The molecule has 0 aliphatic rings. The molecule has 2 heterocycles. The number of carbonyl (C=O) groups is 1. The third-order valence-electron chi connectivity index (χ3n) is 3.91. The van der Waals surface area contributed by atoms with Crippen LogP contribution < -0.4 is 15.6 Å². The molecule has 1 amide bonds. The van der Waals surface area contributed by atoms with E-state index in [0.717, 1.165) is 5.82 Å². The molecular formula is C19H20N4O3. The van der Waals surface area contributed by atoms with Crippen LogP contribution in [-0.2, 0) is 25.0 Å². The molecule has 7 nitrogen and oxygen atoms in total. The number of imidazole rings is 1. The average molecular weight is 352 g/mol. The second-order valence-electron chi connectivity index (χ2n) is 5.80. The van der Waals surface area contributed by atoms with Crippen LogP contribution >= 0.6 is 0 Å². The van der Waals surface area contributed by atoms with Gasteiger partial charge in [0.2, 0.25) is 5.91 Å². The number of amides is 1. The van der Waals surface area contributed by atoms with Gasteiger partial charge in [0, 0.05) is 50.4 Å². The van der Waals surface area contributed by atoms with Gasteiger partial charge in [-0.25, -0.2) is 4.98 Å². The Morgan fingerprint density at radius 3 is 2.65 bits per heavy atom. The van der Waals surface area contributed by atoms with Gasteiger partial charge in [0.05, 0.1) is 0 Å². The summed E-state index contributed by atoms with van der Waals surface area (Å²) >= 11 is 0. The number of benzene rings is 1. The zero-order valence-electron chi connectivity index (χ0n) is 14.5. The Balaban J connectivity index is 1.49. The summed E-state index contributed by atoms with van der Waals surface area (Å²) in [6.45, 7) is 0.720. The fraction of sp³-hybridized carbons (Fsp3) is 0.211. The number of nitrogens with zero attached hydrogens (tertiary/aromatic N) is 3. The second kappa shape index (κ2) is 8.15. The molecule has 0 spiro atoms. The number of hydrogen-bond donors (Lipinski definition) is 1. The summed E-state index contributed by atoms with van der Waals surface area (Å²) in [5.74, 6) is 1.38. The molecule has 0 atom stereocenters. The van der Waals surface area contributed by atoms with Gasteiger partial charge in [0.1, 0.15) is 18.2 Å². The highest BCUT2D eigenvalue weighted by Gasteiger charge is 2.05. The molecule has 1 aromatic carbocycles. The molecule has 1 N–H and O–H groups in total. The van der Waals surface area contributed by atoms with Gasteiger partial charge in [-0.1, -0.05) is 6.07 Å². The number of hydrogen-bond acceptors (Lipinski definition) is 4. The minimum Gasteiger partial charge on any atom is -0.486 e. The molecule has 0 unspecified atom stereocenters. The van der Waals surface area contributed by atoms with E-state index in [0.29, 0.717) is 24.6 Å². The van der Waals surface area contributed by atoms with Crippen LogP contribution in [-0.4, -0.2) is 20.0 Å². The van der Waals surface area contributed by atoms with Crippen LogP contribution in [0.15, 0.2) is 65.8 Å². The van der Waals surface area contributed by atoms with Crippen LogP contribution in [0.3, 0.4) is 0 Å². The van der Waals surface area contributed by atoms with E-state index >= 15 is 0 Å². The highest BCUT2D eigenvalue weighted by molar-refractivity contribution is 5.90. The topological polar surface area (TPSA) is 78.2 Å². The summed E-state index contributed by atoms with van der Waals surface area (Å²) < 4.78 is 9.08. The van der Waals surface area contributed by atoms with E-state index in [1.165, 1.54) is 10.6 Å². The summed E-state index contributed by atoms with van der Waals surface area (Å²) in [5, 5.41) is 2.81. The van der Waals surface area contributed by atoms with Crippen LogP contribution in [0.1, 0.15) is 12.2 Å². The van der Waals surface area contributed by atoms with E-state index in [1.54, 1.807) is 48.8 Å². The van der Waals surface area contributed by atoms with E-state index in [4.69, 9.17) is 4.74 Å². The summed E-state index contributed by atoms with van der Waals surface area (Å²) in [5.41, 5.74) is 0.564. The number of aromatic nitrogens is 3. The third kappa shape index (κ3) is 4.60. The van der Waals surface area contributed by atoms with Crippen LogP contribution in [0.4, 0.5) is 5.69 Å². The largest absolute Gasteiger partial charge is 0.486 e. The van der Waals surface area contributed by atoms with Gasteiger partial charge in [-0.05, 0) is 30.3 Å². The van der Waals surface area contributed by atoms with Gasteiger partial charge in [-0.3, -0.25) is 9.59 Å². The first-order valence-electron chi connectivity index (χ1n) is 8.26. The molecule has 3 rings (SSSR count). The van der Waals surface area contributed by atoms with Gasteiger partial charge in [0.25, 0.3) is 5.56 Å². The second-order valence-corrected chi connectivity index (χ2v) is 5.80. The predicted molar refractivity (Wildman–Crippen MR) is 97.9 cm³/mol. The Morgan fingerprint density at radius 1 is 1.15 bits per heavy atom. The van der Waals surface area contributed by atoms with Crippen LogP contribution in [0.25, 0.3) is 0 Å². The molecule has 0 bridgehead atoms. The Hall–Kier alpha value is -3.35. The van der Waals surface area contributed by atoms with E-state index < -0.39 is 0 Å². The number of rotatable bonds is 7. The molecule has 0 fully saturated rings. The lowest BCUT2D eigenvalue weighted by atomic mass is 10.3. The lowest BCUT2D eigenvalue weighted by molar-refractivity contribution is -0.116. The van der Waals surface area contributed by atoms with Crippen molar-refractivity contribution >= 4 is 11.6 Å².